The predicted octanol–water partition coefficient (Wildman–Crippen LogP) is 1.74. The van der Waals surface area contributed by atoms with E-state index in [1.54, 1.807) is 24.0 Å². The van der Waals surface area contributed by atoms with Crippen molar-refractivity contribution in [2.45, 2.75) is 31.8 Å². The highest BCUT2D eigenvalue weighted by Gasteiger charge is 2.33. The Kier molecular flexibility index (Phi) is 3.66. The topological polar surface area (TPSA) is 40.5 Å². The van der Waals surface area contributed by atoms with Crippen LogP contribution in [0.5, 0.6) is 0 Å². The van der Waals surface area contributed by atoms with Crippen LogP contribution in [0.25, 0.3) is 0 Å². The van der Waals surface area contributed by atoms with Crippen LogP contribution in [0.1, 0.15) is 25.3 Å². The van der Waals surface area contributed by atoms with Gasteiger partial charge >= 0.3 is 0 Å². The SMILES string of the molecule is CC1(O)CCN(C(=O)CCc2ccc(F)cc2)C1. The summed E-state index contributed by atoms with van der Waals surface area (Å²) < 4.78 is 12.7. The molecule has 1 aromatic carbocycles. The zero-order valence-corrected chi connectivity index (χ0v) is 10.5. The number of aryl methyl sites for hydroxylation is 1. The molecule has 1 saturated heterocycles. The number of benzene rings is 1. The van der Waals surface area contributed by atoms with Crippen molar-refractivity contribution in [2.75, 3.05) is 13.1 Å². The molecule has 0 aliphatic carbocycles. The molecule has 2 rings (SSSR count). The summed E-state index contributed by atoms with van der Waals surface area (Å²) in [5, 5.41) is 9.79. The van der Waals surface area contributed by atoms with Gasteiger partial charge < -0.3 is 10.0 Å². The number of nitrogens with zero attached hydrogens (tertiary/aromatic N) is 1. The van der Waals surface area contributed by atoms with Gasteiger partial charge in [0.25, 0.3) is 0 Å². The van der Waals surface area contributed by atoms with E-state index in [-0.39, 0.29) is 11.7 Å². The number of carbonyl (C=O) groups is 1. The van der Waals surface area contributed by atoms with Crippen molar-refractivity contribution in [3.05, 3.63) is 35.6 Å². The Balaban J connectivity index is 1.84. The molecular formula is C14H18FNO2. The van der Waals surface area contributed by atoms with Crippen LogP contribution < -0.4 is 0 Å². The van der Waals surface area contributed by atoms with Gasteiger partial charge in [-0.25, -0.2) is 4.39 Å². The highest BCUT2D eigenvalue weighted by atomic mass is 19.1. The first-order valence-electron chi connectivity index (χ1n) is 6.21. The van der Waals surface area contributed by atoms with Crippen molar-refractivity contribution in [3.63, 3.8) is 0 Å². The van der Waals surface area contributed by atoms with E-state index < -0.39 is 5.60 Å². The van der Waals surface area contributed by atoms with E-state index in [4.69, 9.17) is 0 Å². The first-order valence-corrected chi connectivity index (χ1v) is 6.21. The molecule has 18 heavy (non-hydrogen) atoms. The molecule has 1 aliphatic rings. The third-order valence-corrected chi connectivity index (χ3v) is 3.35. The molecule has 1 fully saturated rings. The fourth-order valence-electron chi connectivity index (χ4n) is 2.22. The molecular weight excluding hydrogens is 233 g/mol. The minimum atomic E-state index is -0.745. The Morgan fingerprint density at radius 3 is 2.67 bits per heavy atom. The molecule has 1 unspecified atom stereocenters. The number of carbonyl (C=O) groups excluding carboxylic acids is 1. The number of hydrogen-bond acceptors (Lipinski definition) is 2. The van der Waals surface area contributed by atoms with Gasteiger partial charge in [0, 0.05) is 19.5 Å². The van der Waals surface area contributed by atoms with Crippen LogP contribution in [-0.4, -0.2) is 34.6 Å². The van der Waals surface area contributed by atoms with E-state index in [9.17, 15) is 14.3 Å². The molecule has 1 atom stereocenters. The van der Waals surface area contributed by atoms with Crippen molar-refractivity contribution >= 4 is 5.91 Å². The van der Waals surface area contributed by atoms with E-state index in [0.29, 0.717) is 32.4 Å². The second-order valence-electron chi connectivity index (χ2n) is 5.19. The van der Waals surface area contributed by atoms with Gasteiger partial charge in [-0.3, -0.25) is 4.79 Å². The van der Waals surface area contributed by atoms with Crippen LogP contribution in [0.4, 0.5) is 4.39 Å². The van der Waals surface area contributed by atoms with Crippen molar-refractivity contribution in [1.29, 1.82) is 0 Å². The van der Waals surface area contributed by atoms with Gasteiger partial charge in [-0.15, -0.1) is 0 Å². The Bertz CT molecular complexity index is 428. The van der Waals surface area contributed by atoms with Gasteiger partial charge in [-0.05, 0) is 37.5 Å². The van der Waals surface area contributed by atoms with Crippen molar-refractivity contribution in [2.24, 2.45) is 0 Å². The third kappa shape index (κ3) is 3.29. The normalized spacial score (nSPS) is 23.4. The molecule has 1 heterocycles. The minimum absolute atomic E-state index is 0.0529. The van der Waals surface area contributed by atoms with Gasteiger partial charge in [0.2, 0.25) is 5.91 Å². The monoisotopic (exact) mass is 251 g/mol. The van der Waals surface area contributed by atoms with Crippen LogP contribution in [0.3, 0.4) is 0 Å². The molecule has 1 amide bonds. The number of β-amino-alcohol motifs (C(OH)–C–C–N with tert-alkyl or cyclic N) is 1. The highest BCUT2D eigenvalue weighted by Crippen LogP contribution is 2.21. The van der Waals surface area contributed by atoms with Crippen LogP contribution >= 0.6 is 0 Å². The number of likely N-dealkylation sites (tertiary alicyclic amines) is 1. The lowest BCUT2D eigenvalue weighted by atomic mass is 10.1. The summed E-state index contributed by atoms with van der Waals surface area (Å²) in [4.78, 5) is 13.6. The number of aliphatic hydroxyl groups is 1. The third-order valence-electron chi connectivity index (χ3n) is 3.35. The fourth-order valence-corrected chi connectivity index (χ4v) is 2.22. The lowest BCUT2D eigenvalue weighted by Crippen LogP contribution is -2.33. The Hall–Kier alpha value is -1.42. The van der Waals surface area contributed by atoms with Crippen LogP contribution in [0, 0.1) is 5.82 Å². The molecule has 0 spiro atoms. The van der Waals surface area contributed by atoms with Gasteiger partial charge in [0.05, 0.1) is 5.60 Å². The molecule has 0 saturated carbocycles. The number of rotatable bonds is 3. The number of halogens is 1. The maximum Gasteiger partial charge on any atom is 0.223 e. The Morgan fingerprint density at radius 1 is 1.44 bits per heavy atom. The summed E-state index contributed by atoms with van der Waals surface area (Å²) >= 11 is 0. The van der Waals surface area contributed by atoms with Crippen LogP contribution in [0.15, 0.2) is 24.3 Å². The zero-order chi connectivity index (χ0) is 13.2. The van der Waals surface area contributed by atoms with E-state index in [1.807, 2.05) is 0 Å². The van der Waals surface area contributed by atoms with Crippen molar-refractivity contribution in [1.82, 2.24) is 4.90 Å². The lowest BCUT2D eigenvalue weighted by Gasteiger charge is -2.19. The summed E-state index contributed by atoms with van der Waals surface area (Å²) in [6.45, 7) is 2.78. The molecule has 3 nitrogen and oxygen atoms in total. The van der Waals surface area contributed by atoms with Crippen LogP contribution in [0.2, 0.25) is 0 Å². The summed E-state index contributed by atoms with van der Waals surface area (Å²) in [5.41, 5.74) is 0.210. The molecule has 0 bridgehead atoms. The standard InChI is InChI=1S/C14H18FNO2/c1-14(18)8-9-16(10-14)13(17)7-4-11-2-5-12(15)6-3-11/h2-3,5-6,18H,4,7-10H2,1H3. The smallest absolute Gasteiger partial charge is 0.223 e. The second-order valence-corrected chi connectivity index (χ2v) is 5.19. The summed E-state index contributed by atoms with van der Waals surface area (Å²) in [5.74, 6) is -0.210. The molecule has 1 N–H and O–H groups in total. The molecule has 4 heteroatoms. The first-order chi connectivity index (χ1) is 8.46. The van der Waals surface area contributed by atoms with Crippen LogP contribution in [-0.2, 0) is 11.2 Å². The molecule has 98 valence electrons. The number of amides is 1. The molecule has 1 aliphatic heterocycles. The van der Waals surface area contributed by atoms with Crippen molar-refractivity contribution in [3.8, 4) is 0 Å². The second kappa shape index (κ2) is 5.06. The fraction of sp³-hybridized carbons (Fsp3) is 0.500. The Morgan fingerprint density at radius 2 is 2.11 bits per heavy atom. The highest BCUT2D eigenvalue weighted by molar-refractivity contribution is 5.76. The summed E-state index contributed by atoms with van der Waals surface area (Å²) in [7, 11) is 0. The van der Waals surface area contributed by atoms with Gasteiger partial charge in [0.15, 0.2) is 0 Å². The van der Waals surface area contributed by atoms with Gasteiger partial charge in [-0.1, -0.05) is 12.1 Å². The van der Waals surface area contributed by atoms with E-state index >= 15 is 0 Å². The zero-order valence-electron chi connectivity index (χ0n) is 10.5. The largest absolute Gasteiger partial charge is 0.388 e. The quantitative estimate of drug-likeness (QED) is 0.889. The maximum atomic E-state index is 12.7. The summed E-state index contributed by atoms with van der Waals surface area (Å²) in [6, 6.07) is 6.20. The average Bonchev–Trinajstić information content (AvgIpc) is 2.69. The summed E-state index contributed by atoms with van der Waals surface area (Å²) in [6.07, 6.45) is 1.65. The first kappa shape index (κ1) is 13.0. The molecule has 0 aromatic heterocycles. The van der Waals surface area contributed by atoms with E-state index in [0.717, 1.165) is 5.56 Å². The minimum Gasteiger partial charge on any atom is -0.388 e. The van der Waals surface area contributed by atoms with Crippen molar-refractivity contribution < 1.29 is 14.3 Å². The average molecular weight is 251 g/mol. The predicted molar refractivity (Wildman–Crippen MR) is 66.5 cm³/mol. The van der Waals surface area contributed by atoms with E-state index in [1.165, 1.54) is 12.1 Å². The molecule has 1 aromatic rings. The van der Waals surface area contributed by atoms with Gasteiger partial charge in [0.1, 0.15) is 5.82 Å². The van der Waals surface area contributed by atoms with Gasteiger partial charge in [-0.2, -0.15) is 0 Å². The molecule has 0 radical (unpaired) electrons. The maximum absolute atomic E-state index is 12.7. The number of hydrogen-bond donors (Lipinski definition) is 1. The lowest BCUT2D eigenvalue weighted by molar-refractivity contribution is -0.131. The van der Waals surface area contributed by atoms with E-state index in [2.05, 4.69) is 0 Å². The Labute approximate surface area is 106 Å².